The van der Waals surface area contributed by atoms with E-state index in [2.05, 4.69) is 15.3 Å². The Balaban J connectivity index is 1.75. The largest absolute Gasteiger partial charge is 0.373 e. The van der Waals surface area contributed by atoms with Crippen molar-refractivity contribution < 1.29 is 4.79 Å². The molecule has 0 saturated carbocycles. The molecule has 3 heterocycles. The molecule has 1 atom stereocenters. The second-order valence-corrected chi connectivity index (χ2v) is 6.57. The van der Waals surface area contributed by atoms with Crippen LogP contribution in [0.3, 0.4) is 0 Å². The molecule has 2 aromatic rings. The first-order valence-electron chi connectivity index (χ1n) is 7.51. The quantitative estimate of drug-likeness (QED) is 0.942. The van der Waals surface area contributed by atoms with Crippen molar-refractivity contribution in [3.63, 3.8) is 0 Å². The lowest BCUT2D eigenvalue weighted by molar-refractivity contribution is -0.131. The summed E-state index contributed by atoms with van der Waals surface area (Å²) in [5.41, 5.74) is 2.03. The lowest BCUT2D eigenvalue weighted by Gasteiger charge is -2.25. The molecular weight excluding hydrogens is 296 g/mol. The number of nitrogens with one attached hydrogen (secondary N) is 1. The number of carbonyl (C=O) groups is 1. The molecule has 1 aliphatic heterocycles. The summed E-state index contributed by atoms with van der Waals surface area (Å²) in [6, 6.07) is 4.19. The van der Waals surface area contributed by atoms with Gasteiger partial charge >= 0.3 is 0 Å². The standard InChI is InChI=1S/C16H20N4OS/c1-11-19-13(10-22-11)9-16(21)20-7-3-4-14(20)12-5-6-18-15(8-12)17-2/h5-6,8,10,14H,3-4,7,9H2,1-2H3,(H,17,18)/t14-/m1/s1. The summed E-state index contributed by atoms with van der Waals surface area (Å²) in [6.45, 7) is 2.79. The van der Waals surface area contributed by atoms with Crippen LogP contribution in [0.2, 0.25) is 0 Å². The van der Waals surface area contributed by atoms with Gasteiger partial charge in [-0.1, -0.05) is 0 Å². The van der Waals surface area contributed by atoms with E-state index < -0.39 is 0 Å². The van der Waals surface area contributed by atoms with Gasteiger partial charge in [0.2, 0.25) is 5.91 Å². The highest BCUT2D eigenvalue weighted by Crippen LogP contribution is 2.33. The Kier molecular flexibility index (Phi) is 4.38. The molecule has 1 N–H and O–H groups in total. The molecule has 0 spiro atoms. The van der Waals surface area contributed by atoms with Crippen LogP contribution in [-0.2, 0) is 11.2 Å². The zero-order valence-corrected chi connectivity index (χ0v) is 13.7. The minimum atomic E-state index is 0.155. The van der Waals surface area contributed by atoms with Crippen molar-refractivity contribution >= 4 is 23.1 Å². The number of aryl methyl sites for hydroxylation is 1. The second-order valence-electron chi connectivity index (χ2n) is 5.50. The number of carbonyl (C=O) groups excluding carboxylic acids is 1. The van der Waals surface area contributed by atoms with Gasteiger partial charge in [0.25, 0.3) is 0 Å². The number of likely N-dealkylation sites (tertiary alicyclic amines) is 1. The maximum absolute atomic E-state index is 12.6. The van der Waals surface area contributed by atoms with E-state index in [1.165, 1.54) is 0 Å². The smallest absolute Gasteiger partial charge is 0.229 e. The van der Waals surface area contributed by atoms with Gasteiger partial charge in [-0.15, -0.1) is 11.3 Å². The van der Waals surface area contributed by atoms with E-state index >= 15 is 0 Å². The molecule has 1 aliphatic rings. The molecular formula is C16H20N4OS. The first kappa shape index (κ1) is 15.0. The van der Waals surface area contributed by atoms with Crippen LogP contribution >= 0.6 is 11.3 Å². The van der Waals surface area contributed by atoms with Gasteiger partial charge in [-0.2, -0.15) is 0 Å². The Labute approximate surface area is 134 Å². The Bertz CT molecular complexity index is 670. The second kappa shape index (κ2) is 6.44. The maximum Gasteiger partial charge on any atom is 0.229 e. The van der Waals surface area contributed by atoms with Crippen LogP contribution in [0, 0.1) is 6.92 Å². The summed E-state index contributed by atoms with van der Waals surface area (Å²) in [5, 5.41) is 6.04. The lowest BCUT2D eigenvalue weighted by atomic mass is 10.1. The first-order chi connectivity index (χ1) is 10.7. The average Bonchev–Trinajstić information content (AvgIpc) is 3.16. The highest BCUT2D eigenvalue weighted by atomic mass is 32.1. The Morgan fingerprint density at radius 1 is 1.55 bits per heavy atom. The SMILES string of the molecule is CNc1cc([C@H]2CCCN2C(=O)Cc2csc(C)n2)ccn1. The van der Waals surface area contributed by atoms with Crippen molar-refractivity contribution in [2.45, 2.75) is 32.2 Å². The van der Waals surface area contributed by atoms with Gasteiger partial charge in [0.1, 0.15) is 5.82 Å². The predicted octanol–water partition coefficient (Wildman–Crippen LogP) is 2.79. The van der Waals surface area contributed by atoms with Gasteiger partial charge in [-0.3, -0.25) is 4.79 Å². The van der Waals surface area contributed by atoms with E-state index in [4.69, 9.17) is 0 Å². The molecule has 0 unspecified atom stereocenters. The van der Waals surface area contributed by atoms with Crippen LogP contribution in [0.25, 0.3) is 0 Å². The fourth-order valence-corrected chi connectivity index (χ4v) is 3.56. The van der Waals surface area contributed by atoms with Crippen LogP contribution < -0.4 is 5.32 Å². The van der Waals surface area contributed by atoms with E-state index in [-0.39, 0.29) is 11.9 Å². The van der Waals surface area contributed by atoms with Gasteiger partial charge in [-0.05, 0) is 37.5 Å². The Morgan fingerprint density at radius 3 is 3.14 bits per heavy atom. The lowest BCUT2D eigenvalue weighted by Crippen LogP contribution is -2.32. The number of rotatable bonds is 4. The third kappa shape index (κ3) is 3.11. The number of pyridine rings is 1. The van der Waals surface area contributed by atoms with Crippen molar-refractivity contribution in [3.8, 4) is 0 Å². The summed E-state index contributed by atoms with van der Waals surface area (Å²) < 4.78 is 0. The van der Waals surface area contributed by atoms with Gasteiger partial charge in [0, 0.05) is 25.2 Å². The predicted molar refractivity (Wildman–Crippen MR) is 88.0 cm³/mol. The molecule has 1 saturated heterocycles. The van der Waals surface area contributed by atoms with E-state index in [1.54, 1.807) is 17.5 Å². The molecule has 22 heavy (non-hydrogen) atoms. The van der Waals surface area contributed by atoms with Gasteiger partial charge < -0.3 is 10.2 Å². The fraction of sp³-hybridized carbons (Fsp3) is 0.438. The summed E-state index contributed by atoms with van der Waals surface area (Å²) >= 11 is 1.59. The number of nitrogens with zero attached hydrogens (tertiary/aromatic N) is 3. The summed E-state index contributed by atoms with van der Waals surface area (Å²) in [5.74, 6) is 1.00. The molecule has 6 heteroatoms. The number of aromatic nitrogens is 2. The van der Waals surface area contributed by atoms with Crippen LogP contribution in [-0.4, -0.2) is 34.4 Å². The minimum Gasteiger partial charge on any atom is -0.373 e. The van der Waals surface area contributed by atoms with Gasteiger partial charge in [-0.25, -0.2) is 9.97 Å². The van der Waals surface area contributed by atoms with Crippen molar-refractivity contribution in [1.29, 1.82) is 0 Å². The number of hydrogen-bond donors (Lipinski definition) is 1. The van der Waals surface area contributed by atoms with Crippen molar-refractivity contribution in [2.75, 3.05) is 18.9 Å². The molecule has 5 nitrogen and oxygen atoms in total. The van der Waals surface area contributed by atoms with Crippen LogP contribution in [0.5, 0.6) is 0 Å². The van der Waals surface area contributed by atoms with Gasteiger partial charge in [0.05, 0.1) is 23.2 Å². The van der Waals surface area contributed by atoms with Gasteiger partial charge in [0.15, 0.2) is 0 Å². The normalized spacial score (nSPS) is 17.7. The molecule has 1 amide bonds. The zero-order chi connectivity index (χ0) is 15.5. The van der Waals surface area contributed by atoms with E-state index in [9.17, 15) is 4.79 Å². The maximum atomic E-state index is 12.6. The molecule has 3 rings (SSSR count). The topological polar surface area (TPSA) is 58.1 Å². The monoisotopic (exact) mass is 316 g/mol. The van der Waals surface area contributed by atoms with Crippen molar-refractivity contribution in [2.24, 2.45) is 0 Å². The molecule has 0 aromatic carbocycles. The number of thiazole rings is 1. The van der Waals surface area contributed by atoms with Crippen LogP contribution in [0.15, 0.2) is 23.7 Å². The Hall–Kier alpha value is -1.95. The molecule has 116 valence electrons. The van der Waals surface area contributed by atoms with Crippen LogP contribution in [0.4, 0.5) is 5.82 Å². The van der Waals surface area contributed by atoms with Crippen LogP contribution in [0.1, 0.15) is 35.1 Å². The summed E-state index contributed by atoms with van der Waals surface area (Å²) in [7, 11) is 1.86. The third-order valence-electron chi connectivity index (χ3n) is 4.00. The summed E-state index contributed by atoms with van der Waals surface area (Å²) in [6.07, 6.45) is 4.25. The molecule has 0 bridgehead atoms. The van der Waals surface area contributed by atoms with Crippen molar-refractivity contribution in [3.05, 3.63) is 40.0 Å². The Morgan fingerprint density at radius 2 is 2.41 bits per heavy atom. The fourth-order valence-electron chi connectivity index (χ4n) is 2.95. The number of amides is 1. The molecule has 0 aliphatic carbocycles. The first-order valence-corrected chi connectivity index (χ1v) is 8.39. The third-order valence-corrected chi connectivity index (χ3v) is 4.82. The molecule has 2 aromatic heterocycles. The number of anilines is 1. The minimum absolute atomic E-state index is 0.155. The number of hydrogen-bond acceptors (Lipinski definition) is 5. The van der Waals surface area contributed by atoms with E-state index in [0.717, 1.165) is 41.5 Å². The van der Waals surface area contributed by atoms with E-state index in [1.807, 2.05) is 36.4 Å². The van der Waals surface area contributed by atoms with E-state index in [0.29, 0.717) is 6.42 Å². The average molecular weight is 316 g/mol. The van der Waals surface area contributed by atoms with Crippen molar-refractivity contribution in [1.82, 2.24) is 14.9 Å². The highest BCUT2D eigenvalue weighted by Gasteiger charge is 2.30. The molecule has 0 radical (unpaired) electrons. The summed E-state index contributed by atoms with van der Waals surface area (Å²) in [4.78, 5) is 23.3. The highest BCUT2D eigenvalue weighted by molar-refractivity contribution is 7.09. The molecule has 1 fully saturated rings. The zero-order valence-electron chi connectivity index (χ0n) is 12.9.